The Balaban J connectivity index is 1.90. The first kappa shape index (κ1) is 13.3. The van der Waals surface area contributed by atoms with Gasteiger partial charge in [-0.25, -0.2) is 4.98 Å². The zero-order valence-corrected chi connectivity index (χ0v) is 11.6. The highest BCUT2D eigenvalue weighted by Gasteiger charge is 2.11. The van der Waals surface area contributed by atoms with E-state index in [-0.39, 0.29) is 5.97 Å². The van der Waals surface area contributed by atoms with Crippen molar-refractivity contribution >= 4 is 17.1 Å². The van der Waals surface area contributed by atoms with Gasteiger partial charge in [0.25, 0.3) is 0 Å². The third-order valence-electron chi connectivity index (χ3n) is 2.93. The van der Waals surface area contributed by atoms with E-state index in [9.17, 15) is 4.79 Å². The summed E-state index contributed by atoms with van der Waals surface area (Å²) >= 11 is 0. The second kappa shape index (κ2) is 5.75. The van der Waals surface area contributed by atoms with Crippen LogP contribution < -0.4 is 4.74 Å². The van der Waals surface area contributed by atoms with Crippen molar-refractivity contribution < 1.29 is 13.9 Å². The molecule has 0 aliphatic rings. The van der Waals surface area contributed by atoms with Crippen LogP contribution in [0.4, 0.5) is 0 Å². The smallest absolute Gasteiger partial charge is 0.311 e. The van der Waals surface area contributed by atoms with Crippen molar-refractivity contribution in [1.29, 1.82) is 0 Å². The van der Waals surface area contributed by atoms with Crippen LogP contribution in [0.25, 0.3) is 22.7 Å². The van der Waals surface area contributed by atoms with Gasteiger partial charge in [0, 0.05) is 18.7 Å². The zero-order chi connectivity index (χ0) is 14.7. The quantitative estimate of drug-likeness (QED) is 0.540. The fraction of sp³-hybridized carbons (Fsp3) is 0.188. The molecule has 5 nitrogen and oxygen atoms in total. The summed E-state index contributed by atoms with van der Waals surface area (Å²) in [5.41, 5.74) is 1.93. The van der Waals surface area contributed by atoms with E-state index in [2.05, 4.69) is 9.97 Å². The third-order valence-corrected chi connectivity index (χ3v) is 2.93. The van der Waals surface area contributed by atoms with E-state index >= 15 is 0 Å². The number of pyridine rings is 1. The number of rotatable bonds is 4. The minimum Gasteiger partial charge on any atom is -0.435 e. The summed E-state index contributed by atoms with van der Waals surface area (Å²) in [5.74, 6) is 0.661. The lowest BCUT2D eigenvalue weighted by Crippen LogP contribution is -2.06. The highest BCUT2D eigenvalue weighted by Crippen LogP contribution is 2.26. The van der Waals surface area contributed by atoms with Crippen molar-refractivity contribution in [3.05, 3.63) is 42.6 Å². The molecule has 1 aromatic carbocycles. The lowest BCUT2D eigenvalue weighted by atomic mass is 10.3. The number of esters is 1. The van der Waals surface area contributed by atoms with Gasteiger partial charge in [-0.2, -0.15) is 0 Å². The topological polar surface area (TPSA) is 65.2 Å². The number of hydrogen-bond donors (Lipinski definition) is 0. The summed E-state index contributed by atoms with van der Waals surface area (Å²) in [5, 5.41) is 0. The molecule has 3 rings (SSSR count). The van der Waals surface area contributed by atoms with E-state index in [1.807, 2.05) is 25.1 Å². The van der Waals surface area contributed by atoms with Gasteiger partial charge in [-0.1, -0.05) is 13.0 Å². The number of fused-ring (bicyclic) bond motifs is 1. The molecular weight excluding hydrogens is 268 g/mol. The van der Waals surface area contributed by atoms with Gasteiger partial charge in [-0.15, -0.1) is 0 Å². The summed E-state index contributed by atoms with van der Waals surface area (Å²) in [6.07, 6.45) is 2.84. The van der Waals surface area contributed by atoms with Crippen LogP contribution in [-0.4, -0.2) is 15.9 Å². The molecule has 0 spiro atoms. The Kier molecular flexibility index (Phi) is 3.64. The van der Waals surface area contributed by atoms with Crippen LogP contribution in [0.2, 0.25) is 0 Å². The number of benzene rings is 1. The lowest BCUT2D eigenvalue weighted by molar-refractivity contribution is -0.134. The molecule has 106 valence electrons. The van der Waals surface area contributed by atoms with Gasteiger partial charge in [0.2, 0.25) is 5.89 Å². The Hall–Kier alpha value is -2.69. The van der Waals surface area contributed by atoms with Crippen LogP contribution in [0.5, 0.6) is 5.75 Å². The van der Waals surface area contributed by atoms with E-state index in [0.717, 1.165) is 6.42 Å². The van der Waals surface area contributed by atoms with Crippen LogP contribution >= 0.6 is 0 Å². The number of carbonyl (C=O) groups excluding carboxylic acids is 1. The largest absolute Gasteiger partial charge is 0.435 e. The minimum atomic E-state index is -0.249. The molecule has 0 bridgehead atoms. The van der Waals surface area contributed by atoms with Crippen molar-refractivity contribution in [3.63, 3.8) is 0 Å². The first-order valence-electron chi connectivity index (χ1n) is 6.79. The summed E-state index contributed by atoms with van der Waals surface area (Å²) in [6.45, 7) is 1.93. The maximum Gasteiger partial charge on any atom is 0.311 e. The van der Waals surface area contributed by atoms with Crippen LogP contribution in [0.3, 0.4) is 0 Å². The second-order valence-corrected chi connectivity index (χ2v) is 4.59. The number of nitrogens with zero attached hydrogens (tertiary/aromatic N) is 2. The van der Waals surface area contributed by atoms with Gasteiger partial charge in [0.05, 0.1) is 0 Å². The normalized spacial score (nSPS) is 10.7. The highest BCUT2D eigenvalue weighted by molar-refractivity contribution is 5.79. The van der Waals surface area contributed by atoms with Crippen LogP contribution in [0.1, 0.15) is 19.8 Å². The fourth-order valence-electron chi connectivity index (χ4n) is 1.95. The Morgan fingerprint density at radius 2 is 2.19 bits per heavy atom. The average molecular weight is 282 g/mol. The van der Waals surface area contributed by atoms with Gasteiger partial charge >= 0.3 is 5.97 Å². The van der Waals surface area contributed by atoms with E-state index in [1.165, 1.54) is 0 Å². The number of aromatic nitrogens is 2. The first-order valence-corrected chi connectivity index (χ1v) is 6.79. The molecule has 2 aromatic heterocycles. The Labute approximate surface area is 121 Å². The van der Waals surface area contributed by atoms with Crippen molar-refractivity contribution in [2.75, 3.05) is 0 Å². The number of oxazole rings is 1. The second-order valence-electron chi connectivity index (χ2n) is 4.59. The molecule has 0 saturated carbocycles. The molecular formula is C16H14N2O3. The molecule has 2 heterocycles. The summed E-state index contributed by atoms with van der Waals surface area (Å²) in [7, 11) is 0. The molecule has 0 aliphatic carbocycles. The van der Waals surface area contributed by atoms with Crippen molar-refractivity contribution in [2.45, 2.75) is 19.8 Å². The Morgan fingerprint density at radius 3 is 2.95 bits per heavy atom. The van der Waals surface area contributed by atoms with Crippen LogP contribution in [0.15, 0.2) is 47.0 Å². The number of hydrogen-bond acceptors (Lipinski definition) is 5. The van der Waals surface area contributed by atoms with Crippen LogP contribution in [-0.2, 0) is 4.79 Å². The number of ether oxygens (including phenoxy) is 1. The molecule has 5 heteroatoms. The molecule has 0 unspecified atom stereocenters. The van der Waals surface area contributed by atoms with Crippen molar-refractivity contribution in [3.8, 4) is 17.3 Å². The predicted molar refractivity (Wildman–Crippen MR) is 77.8 cm³/mol. The van der Waals surface area contributed by atoms with E-state index in [4.69, 9.17) is 9.15 Å². The molecule has 0 N–H and O–H groups in total. The Bertz CT molecular complexity index is 766. The van der Waals surface area contributed by atoms with Gasteiger partial charge in [0.15, 0.2) is 5.58 Å². The van der Waals surface area contributed by atoms with Gasteiger partial charge < -0.3 is 9.15 Å². The maximum absolute atomic E-state index is 11.5. The van der Waals surface area contributed by atoms with Gasteiger partial charge in [-0.05, 0) is 30.7 Å². The summed E-state index contributed by atoms with van der Waals surface area (Å²) in [6, 6.07) is 10.7. The standard InChI is InChI=1S/C16H14N2O3/c1-2-5-15(19)20-11-7-8-12-14(10-11)21-16(18-12)13-6-3-4-9-17-13/h3-4,6-10H,2,5H2,1H3. The lowest BCUT2D eigenvalue weighted by Gasteiger charge is -2.01. The van der Waals surface area contributed by atoms with E-state index < -0.39 is 0 Å². The van der Waals surface area contributed by atoms with Gasteiger partial charge in [-0.3, -0.25) is 9.78 Å². The molecule has 0 fully saturated rings. The SMILES string of the molecule is CCCC(=O)Oc1ccc2nc(-c3ccccn3)oc2c1. The summed E-state index contributed by atoms with van der Waals surface area (Å²) < 4.78 is 10.9. The molecule has 0 amide bonds. The minimum absolute atomic E-state index is 0.249. The van der Waals surface area contributed by atoms with Crippen molar-refractivity contribution in [2.24, 2.45) is 0 Å². The third kappa shape index (κ3) is 2.91. The Morgan fingerprint density at radius 1 is 1.29 bits per heavy atom. The molecule has 0 atom stereocenters. The average Bonchev–Trinajstić information content (AvgIpc) is 2.91. The fourth-order valence-corrected chi connectivity index (χ4v) is 1.95. The molecule has 0 radical (unpaired) electrons. The monoisotopic (exact) mass is 282 g/mol. The van der Waals surface area contributed by atoms with E-state index in [1.54, 1.807) is 24.4 Å². The molecule has 3 aromatic rings. The summed E-state index contributed by atoms with van der Waals surface area (Å²) in [4.78, 5) is 20.1. The number of carbonyl (C=O) groups is 1. The van der Waals surface area contributed by atoms with Crippen LogP contribution in [0, 0.1) is 0 Å². The predicted octanol–water partition coefficient (Wildman–Crippen LogP) is 3.60. The zero-order valence-electron chi connectivity index (χ0n) is 11.6. The first-order chi connectivity index (χ1) is 10.3. The highest BCUT2D eigenvalue weighted by atomic mass is 16.5. The van der Waals surface area contributed by atoms with Gasteiger partial charge in [0.1, 0.15) is 17.0 Å². The van der Waals surface area contributed by atoms with Crippen molar-refractivity contribution in [1.82, 2.24) is 9.97 Å². The molecule has 0 saturated heterocycles. The van der Waals surface area contributed by atoms with E-state index in [0.29, 0.717) is 34.9 Å². The molecule has 0 aliphatic heterocycles. The molecule has 21 heavy (non-hydrogen) atoms. The maximum atomic E-state index is 11.5.